The number of rotatable bonds is 4. The molecule has 3 atom stereocenters. The van der Waals surface area contributed by atoms with E-state index in [2.05, 4.69) is 0 Å². The topological polar surface area (TPSA) is 88.1 Å². The second kappa shape index (κ2) is 6.44. The molecule has 1 aromatic rings. The van der Waals surface area contributed by atoms with E-state index in [9.17, 15) is 14.4 Å². The number of benzene rings is 1. The summed E-state index contributed by atoms with van der Waals surface area (Å²) in [5.41, 5.74) is -1.14. The molecule has 3 aliphatic rings. The van der Waals surface area contributed by atoms with Gasteiger partial charge in [-0.3, -0.25) is 0 Å². The maximum atomic E-state index is 13.0. The van der Waals surface area contributed by atoms with Gasteiger partial charge in [0.15, 0.2) is 5.60 Å². The maximum Gasteiger partial charge on any atom is 0.343 e. The number of methoxy groups -OCH3 is 2. The van der Waals surface area contributed by atoms with Gasteiger partial charge < -0.3 is 18.9 Å². The van der Waals surface area contributed by atoms with Gasteiger partial charge in [0.05, 0.1) is 32.0 Å². The van der Waals surface area contributed by atoms with Crippen LogP contribution in [-0.2, 0) is 45.4 Å². The van der Waals surface area contributed by atoms with Gasteiger partial charge in [-0.15, -0.1) is 0 Å². The molecule has 1 fully saturated rings. The third-order valence-corrected chi connectivity index (χ3v) is 6.03. The molecule has 28 heavy (non-hydrogen) atoms. The Morgan fingerprint density at radius 1 is 1.11 bits per heavy atom. The van der Waals surface area contributed by atoms with Crippen molar-refractivity contribution in [1.29, 1.82) is 0 Å². The number of esters is 3. The van der Waals surface area contributed by atoms with Gasteiger partial charge in [0.25, 0.3) is 0 Å². The zero-order valence-corrected chi connectivity index (χ0v) is 16.1. The number of carbonyl (C=O) groups excluding carboxylic acids is 3. The van der Waals surface area contributed by atoms with Gasteiger partial charge in [0.1, 0.15) is 5.60 Å². The average molecular weight is 386 g/mol. The molecule has 2 bridgehead atoms. The van der Waals surface area contributed by atoms with Crippen molar-refractivity contribution >= 4 is 17.9 Å². The molecule has 148 valence electrons. The van der Waals surface area contributed by atoms with Crippen LogP contribution in [0.25, 0.3) is 0 Å². The van der Waals surface area contributed by atoms with E-state index in [-0.39, 0.29) is 30.1 Å². The second-order valence-electron chi connectivity index (χ2n) is 7.22. The van der Waals surface area contributed by atoms with Crippen LogP contribution in [-0.4, -0.2) is 44.3 Å². The van der Waals surface area contributed by atoms with Gasteiger partial charge >= 0.3 is 17.9 Å². The Balaban J connectivity index is 2.04. The zero-order valence-electron chi connectivity index (χ0n) is 16.1. The first kappa shape index (κ1) is 18.7. The Morgan fingerprint density at radius 3 is 2.46 bits per heavy atom. The highest BCUT2D eigenvalue weighted by Crippen LogP contribution is 2.65. The Kier molecular flexibility index (Phi) is 4.30. The molecule has 0 N–H and O–H groups in total. The Labute approximate surface area is 162 Å². The van der Waals surface area contributed by atoms with Crippen molar-refractivity contribution in [2.24, 2.45) is 5.92 Å². The summed E-state index contributed by atoms with van der Waals surface area (Å²) in [4.78, 5) is 38.7. The first-order chi connectivity index (χ1) is 13.5. The highest BCUT2D eigenvalue weighted by molar-refractivity contribution is 6.10. The predicted molar refractivity (Wildman–Crippen MR) is 96.1 cm³/mol. The van der Waals surface area contributed by atoms with Crippen molar-refractivity contribution in [1.82, 2.24) is 0 Å². The monoisotopic (exact) mass is 386 g/mol. The van der Waals surface area contributed by atoms with Crippen molar-refractivity contribution in [3.05, 3.63) is 46.5 Å². The Bertz CT molecular complexity index is 902. The van der Waals surface area contributed by atoms with E-state index < -0.39 is 29.1 Å². The van der Waals surface area contributed by atoms with Crippen LogP contribution in [0.3, 0.4) is 0 Å². The van der Waals surface area contributed by atoms with Crippen molar-refractivity contribution in [2.75, 3.05) is 20.8 Å². The van der Waals surface area contributed by atoms with E-state index in [0.29, 0.717) is 6.42 Å². The third-order valence-electron chi connectivity index (χ3n) is 6.03. The molecule has 7 heteroatoms. The molecule has 0 saturated carbocycles. The van der Waals surface area contributed by atoms with E-state index in [1.54, 1.807) is 6.92 Å². The van der Waals surface area contributed by atoms with Crippen LogP contribution in [0.4, 0.5) is 0 Å². The van der Waals surface area contributed by atoms with Gasteiger partial charge in [-0.2, -0.15) is 0 Å². The quantitative estimate of drug-likeness (QED) is 0.576. The zero-order chi connectivity index (χ0) is 20.1. The summed E-state index contributed by atoms with van der Waals surface area (Å²) in [6.45, 7) is 1.81. The van der Waals surface area contributed by atoms with Crippen molar-refractivity contribution < 1.29 is 33.3 Å². The highest BCUT2D eigenvalue weighted by Gasteiger charge is 2.74. The van der Waals surface area contributed by atoms with E-state index in [4.69, 9.17) is 18.9 Å². The van der Waals surface area contributed by atoms with E-state index in [1.807, 2.05) is 24.3 Å². The minimum Gasteiger partial charge on any atom is -0.466 e. The van der Waals surface area contributed by atoms with Crippen molar-refractivity contribution in [3.8, 4) is 0 Å². The van der Waals surface area contributed by atoms with Gasteiger partial charge in [0.2, 0.25) is 0 Å². The molecule has 2 aliphatic heterocycles. The largest absolute Gasteiger partial charge is 0.466 e. The molecule has 1 aromatic carbocycles. The molecule has 1 spiro atoms. The fourth-order valence-corrected chi connectivity index (χ4v) is 5.03. The van der Waals surface area contributed by atoms with Crippen LogP contribution < -0.4 is 0 Å². The lowest BCUT2D eigenvalue weighted by Gasteiger charge is -2.39. The number of hydrogen-bond donors (Lipinski definition) is 0. The number of hydrogen-bond acceptors (Lipinski definition) is 7. The third kappa shape index (κ3) is 2.16. The fraction of sp³-hybridized carbons (Fsp3) is 0.476. The lowest BCUT2D eigenvalue weighted by Crippen LogP contribution is -2.45. The number of aryl methyl sites for hydroxylation is 1. The van der Waals surface area contributed by atoms with Gasteiger partial charge in [-0.25, -0.2) is 14.4 Å². The van der Waals surface area contributed by atoms with E-state index in [0.717, 1.165) is 17.5 Å². The molecule has 3 unspecified atom stereocenters. The summed E-state index contributed by atoms with van der Waals surface area (Å²) in [6, 6.07) is 7.63. The van der Waals surface area contributed by atoms with Gasteiger partial charge in [-0.1, -0.05) is 24.3 Å². The minimum absolute atomic E-state index is 0.0540. The normalized spacial score (nSPS) is 29.8. The van der Waals surface area contributed by atoms with E-state index in [1.165, 1.54) is 14.2 Å². The summed E-state index contributed by atoms with van der Waals surface area (Å²) in [5, 5.41) is 0. The number of ether oxygens (including phenoxy) is 4. The van der Waals surface area contributed by atoms with Crippen molar-refractivity contribution in [3.63, 3.8) is 0 Å². The van der Waals surface area contributed by atoms with Crippen LogP contribution in [0.5, 0.6) is 0 Å². The highest BCUT2D eigenvalue weighted by atomic mass is 16.6. The fourth-order valence-electron chi connectivity index (χ4n) is 5.03. The smallest absolute Gasteiger partial charge is 0.343 e. The molecule has 0 amide bonds. The van der Waals surface area contributed by atoms with Crippen LogP contribution >= 0.6 is 0 Å². The molecule has 4 rings (SSSR count). The summed E-state index contributed by atoms with van der Waals surface area (Å²) in [7, 11) is 2.45. The molecule has 7 nitrogen and oxygen atoms in total. The summed E-state index contributed by atoms with van der Waals surface area (Å²) in [6.07, 6.45) is 1.77. The Morgan fingerprint density at radius 2 is 1.79 bits per heavy atom. The van der Waals surface area contributed by atoms with Crippen LogP contribution in [0, 0.1) is 5.92 Å². The molecule has 1 saturated heterocycles. The van der Waals surface area contributed by atoms with Crippen molar-refractivity contribution in [2.45, 2.75) is 37.4 Å². The lowest BCUT2D eigenvalue weighted by atomic mass is 9.62. The molecule has 0 radical (unpaired) electrons. The standard InChI is InChI=1S/C21H22O7/c1-4-27-19(24)20-11-13-10-9-12-7-5-6-8-14(12)21(13,28-20)16(18(23)26-3)15(20)17(22)25-2/h5-8,13H,4,9-11H2,1-3H3. The lowest BCUT2D eigenvalue weighted by molar-refractivity contribution is -0.170. The molecule has 0 aromatic heterocycles. The molecular formula is C21H22O7. The Hall–Kier alpha value is -2.67. The summed E-state index contributed by atoms with van der Waals surface area (Å²) in [5.74, 6) is -2.32. The summed E-state index contributed by atoms with van der Waals surface area (Å²) >= 11 is 0. The van der Waals surface area contributed by atoms with Crippen LogP contribution in [0.15, 0.2) is 35.4 Å². The van der Waals surface area contributed by atoms with Crippen LogP contribution in [0.2, 0.25) is 0 Å². The SMILES string of the molecule is CCOC(=O)C12CC3CCc4ccccc4C3(O1)C(C(=O)OC)=C2C(=O)OC. The predicted octanol–water partition coefficient (Wildman–Crippen LogP) is 1.82. The minimum atomic E-state index is -1.67. The van der Waals surface area contributed by atoms with Crippen LogP contribution in [0.1, 0.15) is 30.9 Å². The van der Waals surface area contributed by atoms with E-state index >= 15 is 0 Å². The number of carbonyl (C=O) groups is 3. The molecular weight excluding hydrogens is 364 g/mol. The summed E-state index contributed by atoms with van der Waals surface area (Å²) < 4.78 is 21.6. The molecule has 2 heterocycles. The average Bonchev–Trinajstić information content (AvgIpc) is 3.23. The number of fused-ring (bicyclic) bond motifs is 2. The second-order valence-corrected chi connectivity index (χ2v) is 7.22. The van der Waals surface area contributed by atoms with Gasteiger partial charge in [-0.05, 0) is 37.3 Å². The maximum absolute atomic E-state index is 13.0. The first-order valence-electron chi connectivity index (χ1n) is 9.33. The first-order valence-corrected chi connectivity index (χ1v) is 9.33. The van der Waals surface area contributed by atoms with Gasteiger partial charge in [0, 0.05) is 5.92 Å². The molecule has 1 aliphatic carbocycles.